The molecule has 3 heteroatoms. The Labute approximate surface area is 92.9 Å². The molecule has 0 saturated heterocycles. The molecular formula is C12H23NO2. The highest BCUT2D eigenvalue weighted by atomic mass is 16.5. The van der Waals surface area contributed by atoms with Crippen LogP contribution in [0.4, 0.5) is 0 Å². The second-order valence-corrected chi connectivity index (χ2v) is 3.66. The minimum absolute atomic E-state index is 0.264. The van der Waals surface area contributed by atoms with Gasteiger partial charge in [-0.3, -0.25) is 4.99 Å². The van der Waals surface area contributed by atoms with Crippen LogP contribution in [0.25, 0.3) is 0 Å². The molecule has 88 valence electrons. The summed E-state index contributed by atoms with van der Waals surface area (Å²) in [7, 11) is 0. The topological polar surface area (TPSA) is 38.7 Å². The van der Waals surface area contributed by atoms with Gasteiger partial charge in [0.2, 0.25) is 0 Å². The maximum absolute atomic E-state index is 11.3. The van der Waals surface area contributed by atoms with E-state index in [4.69, 9.17) is 4.74 Å². The van der Waals surface area contributed by atoms with E-state index in [0.29, 0.717) is 18.9 Å². The van der Waals surface area contributed by atoms with Gasteiger partial charge in [0, 0.05) is 6.54 Å². The average molecular weight is 213 g/mol. The molecule has 0 bridgehead atoms. The van der Waals surface area contributed by atoms with Gasteiger partial charge in [0.05, 0.1) is 6.61 Å². The van der Waals surface area contributed by atoms with Gasteiger partial charge in [0.15, 0.2) is 0 Å². The maximum atomic E-state index is 11.3. The van der Waals surface area contributed by atoms with Gasteiger partial charge in [-0.25, -0.2) is 4.79 Å². The molecule has 3 nitrogen and oxygen atoms in total. The van der Waals surface area contributed by atoms with E-state index < -0.39 is 0 Å². The molecule has 15 heavy (non-hydrogen) atoms. The van der Waals surface area contributed by atoms with Gasteiger partial charge in [0.1, 0.15) is 5.71 Å². The first-order valence-corrected chi connectivity index (χ1v) is 5.90. The summed E-state index contributed by atoms with van der Waals surface area (Å²) in [5.74, 6) is -0.264. The lowest BCUT2D eigenvalue weighted by Gasteiger charge is -2.03. The standard InChI is InChI=1S/C12H23NO2/c1-4-6-7-8-10-15-12(14)11(3)13-9-5-2/h4-10H2,1-3H3. The van der Waals surface area contributed by atoms with Crippen LogP contribution in [0, 0.1) is 0 Å². The Kier molecular flexibility index (Phi) is 9.13. The highest BCUT2D eigenvalue weighted by Crippen LogP contribution is 1.99. The minimum atomic E-state index is -0.264. The number of hydrogen-bond donors (Lipinski definition) is 0. The number of nitrogens with zero attached hydrogens (tertiary/aromatic N) is 1. The third kappa shape index (κ3) is 8.16. The fourth-order valence-electron chi connectivity index (χ4n) is 1.14. The Balaban J connectivity index is 3.55. The zero-order chi connectivity index (χ0) is 11.5. The van der Waals surface area contributed by atoms with Crippen molar-refractivity contribution in [1.29, 1.82) is 0 Å². The van der Waals surface area contributed by atoms with Crippen molar-refractivity contribution in [3.8, 4) is 0 Å². The quantitative estimate of drug-likeness (QED) is 0.353. The monoisotopic (exact) mass is 213 g/mol. The van der Waals surface area contributed by atoms with E-state index in [1.807, 2.05) is 6.92 Å². The number of rotatable bonds is 8. The summed E-state index contributed by atoms with van der Waals surface area (Å²) >= 11 is 0. The van der Waals surface area contributed by atoms with Gasteiger partial charge >= 0.3 is 5.97 Å². The Bertz CT molecular complexity index is 200. The number of carbonyl (C=O) groups is 1. The molecule has 0 rings (SSSR count). The van der Waals surface area contributed by atoms with E-state index in [0.717, 1.165) is 19.3 Å². The van der Waals surface area contributed by atoms with Crippen molar-refractivity contribution >= 4 is 11.7 Å². The van der Waals surface area contributed by atoms with E-state index in [1.54, 1.807) is 6.92 Å². The average Bonchev–Trinajstić information content (AvgIpc) is 2.25. The number of aliphatic imine (C=N–C) groups is 1. The summed E-state index contributed by atoms with van der Waals surface area (Å²) in [5.41, 5.74) is 0.493. The van der Waals surface area contributed by atoms with Crippen LogP contribution in [-0.4, -0.2) is 24.8 Å². The maximum Gasteiger partial charge on any atom is 0.351 e. The predicted octanol–water partition coefficient (Wildman–Crippen LogP) is 2.98. The number of carbonyl (C=O) groups excluding carboxylic acids is 1. The van der Waals surface area contributed by atoms with Crippen molar-refractivity contribution in [2.75, 3.05) is 13.2 Å². The van der Waals surface area contributed by atoms with E-state index in [2.05, 4.69) is 11.9 Å². The lowest BCUT2D eigenvalue weighted by Crippen LogP contribution is -2.15. The second kappa shape index (κ2) is 9.69. The molecule has 0 amide bonds. The van der Waals surface area contributed by atoms with Crippen LogP contribution < -0.4 is 0 Å². The van der Waals surface area contributed by atoms with Crippen molar-refractivity contribution in [3.05, 3.63) is 0 Å². The van der Waals surface area contributed by atoms with Crippen molar-refractivity contribution in [1.82, 2.24) is 0 Å². The van der Waals surface area contributed by atoms with Crippen LogP contribution in [-0.2, 0) is 9.53 Å². The molecule has 0 saturated carbocycles. The molecule has 0 aromatic carbocycles. The molecule has 0 fully saturated rings. The third-order valence-corrected chi connectivity index (χ3v) is 2.10. The Morgan fingerprint density at radius 1 is 1.13 bits per heavy atom. The van der Waals surface area contributed by atoms with E-state index in [-0.39, 0.29) is 5.97 Å². The van der Waals surface area contributed by atoms with Gasteiger partial charge in [-0.1, -0.05) is 33.1 Å². The second-order valence-electron chi connectivity index (χ2n) is 3.66. The molecule has 0 spiro atoms. The largest absolute Gasteiger partial charge is 0.461 e. The predicted molar refractivity (Wildman–Crippen MR) is 63.4 cm³/mol. The fraction of sp³-hybridized carbons (Fsp3) is 0.833. The van der Waals surface area contributed by atoms with Gasteiger partial charge < -0.3 is 4.74 Å². The van der Waals surface area contributed by atoms with E-state index in [1.165, 1.54) is 12.8 Å². The molecule has 0 N–H and O–H groups in total. The van der Waals surface area contributed by atoms with Gasteiger partial charge in [-0.15, -0.1) is 0 Å². The van der Waals surface area contributed by atoms with Crippen molar-refractivity contribution in [3.63, 3.8) is 0 Å². The Morgan fingerprint density at radius 2 is 1.87 bits per heavy atom. The molecular weight excluding hydrogens is 190 g/mol. The van der Waals surface area contributed by atoms with Gasteiger partial charge in [0.25, 0.3) is 0 Å². The van der Waals surface area contributed by atoms with E-state index >= 15 is 0 Å². The van der Waals surface area contributed by atoms with Crippen LogP contribution in [0.1, 0.15) is 52.9 Å². The van der Waals surface area contributed by atoms with Crippen LogP contribution >= 0.6 is 0 Å². The molecule has 0 aliphatic carbocycles. The SMILES string of the molecule is CCCCCCOC(=O)C(C)=NCCC. The number of unbranched alkanes of at least 4 members (excludes halogenated alkanes) is 3. The molecule has 0 unspecified atom stereocenters. The van der Waals surface area contributed by atoms with Gasteiger partial charge in [-0.2, -0.15) is 0 Å². The lowest BCUT2D eigenvalue weighted by molar-refractivity contribution is -0.135. The summed E-state index contributed by atoms with van der Waals surface area (Å²) in [6, 6.07) is 0. The van der Waals surface area contributed by atoms with Crippen molar-refractivity contribution in [2.24, 2.45) is 4.99 Å². The van der Waals surface area contributed by atoms with Crippen molar-refractivity contribution < 1.29 is 9.53 Å². The number of hydrogen-bond acceptors (Lipinski definition) is 3. The van der Waals surface area contributed by atoms with Crippen molar-refractivity contribution in [2.45, 2.75) is 52.9 Å². The molecule has 0 heterocycles. The lowest BCUT2D eigenvalue weighted by atomic mass is 10.2. The summed E-state index contributed by atoms with van der Waals surface area (Å²) in [4.78, 5) is 15.4. The highest BCUT2D eigenvalue weighted by molar-refractivity contribution is 6.35. The molecule has 0 radical (unpaired) electrons. The summed E-state index contributed by atoms with van der Waals surface area (Å²) in [6.07, 6.45) is 5.46. The smallest absolute Gasteiger partial charge is 0.351 e. The molecule has 0 aromatic rings. The molecule has 0 aliphatic rings. The normalized spacial score (nSPS) is 11.5. The summed E-state index contributed by atoms with van der Waals surface area (Å²) < 4.78 is 5.08. The molecule has 0 aromatic heterocycles. The van der Waals surface area contributed by atoms with Gasteiger partial charge in [-0.05, 0) is 19.8 Å². The van der Waals surface area contributed by atoms with E-state index in [9.17, 15) is 4.79 Å². The summed E-state index contributed by atoms with van der Waals surface area (Å²) in [6.45, 7) is 7.14. The zero-order valence-corrected chi connectivity index (χ0v) is 10.2. The fourth-order valence-corrected chi connectivity index (χ4v) is 1.14. The summed E-state index contributed by atoms with van der Waals surface area (Å²) in [5, 5.41) is 0. The first kappa shape index (κ1) is 14.1. The van der Waals surface area contributed by atoms with Crippen LogP contribution in [0.2, 0.25) is 0 Å². The number of esters is 1. The first-order chi connectivity index (χ1) is 7.22. The Morgan fingerprint density at radius 3 is 2.47 bits per heavy atom. The first-order valence-electron chi connectivity index (χ1n) is 5.90. The van der Waals surface area contributed by atoms with Crippen LogP contribution in [0.5, 0.6) is 0 Å². The van der Waals surface area contributed by atoms with Crippen LogP contribution in [0.3, 0.4) is 0 Å². The third-order valence-electron chi connectivity index (χ3n) is 2.10. The zero-order valence-electron chi connectivity index (χ0n) is 10.2. The van der Waals surface area contributed by atoms with Crippen LogP contribution in [0.15, 0.2) is 4.99 Å². The molecule has 0 aliphatic heterocycles. The Hall–Kier alpha value is -0.860. The minimum Gasteiger partial charge on any atom is -0.461 e. The number of ether oxygens (including phenoxy) is 1. The molecule has 0 atom stereocenters. The highest BCUT2D eigenvalue weighted by Gasteiger charge is 2.05.